The zero-order valence-corrected chi connectivity index (χ0v) is 9.81. The van der Waals surface area contributed by atoms with Crippen molar-refractivity contribution in [3.63, 3.8) is 0 Å². The highest BCUT2D eigenvalue weighted by molar-refractivity contribution is 4.38. The number of hydrogen-bond donors (Lipinski definition) is 0. The first-order valence-corrected chi connectivity index (χ1v) is 5.67. The maximum absolute atomic E-state index is 5.53. The summed E-state index contributed by atoms with van der Waals surface area (Å²) in [7, 11) is 0. The fourth-order valence-corrected chi connectivity index (χ4v) is 1.65. The molecule has 0 rings (SSSR count). The van der Waals surface area contributed by atoms with Gasteiger partial charge in [-0.3, -0.25) is 0 Å². The minimum Gasteiger partial charge on any atom is -0.376 e. The Bertz CT molecular complexity index is 102. The summed E-state index contributed by atoms with van der Waals surface area (Å²) in [6.07, 6.45) is 1.13. The topological polar surface area (TPSA) is 9.23 Å². The molecule has 0 saturated heterocycles. The summed E-state index contributed by atoms with van der Waals surface area (Å²) < 4.78 is 6.73. The fraction of sp³-hybridized carbons (Fsp3) is 1.00. The van der Waals surface area contributed by atoms with E-state index in [4.69, 9.17) is 4.74 Å². The third-order valence-electron chi connectivity index (χ3n) is 3.07. The minimum atomic E-state index is 0.914. The first-order chi connectivity index (χ1) is 6.24. The molecule has 0 aliphatic heterocycles. The molecule has 0 fully saturated rings. The van der Waals surface area contributed by atoms with Gasteiger partial charge in [0.15, 0.2) is 0 Å². The van der Waals surface area contributed by atoms with Crippen LogP contribution < -0.4 is 0 Å². The first-order valence-electron chi connectivity index (χ1n) is 5.67. The highest BCUT2D eigenvalue weighted by Crippen LogP contribution is 2.04. The van der Waals surface area contributed by atoms with Gasteiger partial charge >= 0.3 is 0 Å². The van der Waals surface area contributed by atoms with E-state index in [1.165, 1.54) is 30.7 Å². The van der Waals surface area contributed by atoms with Crippen molar-refractivity contribution in [2.24, 2.45) is 0 Å². The van der Waals surface area contributed by atoms with Crippen LogP contribution in [0.1, 0.15) is 34.1 Å². The molecule has 80 valence electrons. The van der Waals surface area contributed by atoms with Crippen molar-refractivity contribution in [3.05, 3.63) is 0 Å². The Morgan fingerprint density at radius 2 is 1.38 bits per heavy atom. The zero-order chi connectivity index (χ0) is 10.2. The molecule has 0 radical (unpaired) electrons. The molecule has 13 heavy (non-hydrogen) atoms. The molecule has 0 aromatic heterocycles. The summed E-state index contributed by atoms with van der Waals surface area (Å²) in [5.41, 5.74) is 0. The summed E-state index contributed by atoms with van der Waals surface area (Å²) in [6.45, 7) is 15.6. The average Bonchev–Trinajstić information content (AvgIpc) is 2.20. The van der Waals surface area contributed by atoms with E-state index in [-0.39, 0.29) is 0 Å². The monoisotopic (exact) mass is 188 g/mol. The van der Waals surface area contributed by atoms with Crippen LogP contribution in [0.4, 0.5) is 0 Å². The van der Waals surface area contributed by atoms with E-state index in [0.29, 0.717) is 0 Å². The van der Waals surface area contributed by atoms with E-state index in [9.17, 15) is 0 Å². The third-order valence-corrected chi connectivity index (χ3v) is 3.07. The molecular weight excluding hydrogens is 162 g/mol. The molecule has 0 N–H and O–H groups in total. The normalized spacial score (nSPS) is 12.0. The highest BCUT2D eigenvalue weighted by atomic mass is 16.5. The zero-order valence-electron chi connectivity index (χ0n) is 9.81. The number of quaternary nitrogens is 1. The fourth-order valence-electron chi connectivity index (χ4n) is 1.65. The van der Waals surface area contributed by atoms with E-state index >= 15 is 0 Å². The predicted molar refractivity (Wildman–Crippen MR) is 57.9 cm³/mol. The molecule has 0 aliphatic rings. The molecule has 0 aromatic carbocycles. The van der Waals surface area contributed by atoms with E-state index in [1.807, 2.05) is 0 Å². The smallest absolute Gasteiger partial charge is 0.102 e. The van der Waals surface area contributed by atoms with E-state index in [1.54, 1.807) is 0 Å². The number of ether oxygens (including phenoxy) is 1. The maximum atomic E-state index is 5.53. The van der Waals surface area contributed by atoms with Crippen molar-refractivity contribution in [1.82, 2.24) is 0 Å². The van der Waals surface area contributed by atoms with Gasteiger partial charge in [-0.1, -0.05) is 6.92 Å². The highest BCUT2D eigenvalue weighted by Gasteiger charge is 2.19. The van der Waals surface area contributed by atoms with Gasteiger partial charge in [0.25, 0.3) is 0 Å². The Balaban J connectivity index is 3.68. The van der Waals surface area contributed by atoms with Crippen molar-refractivity contribution >= 4 is 0 Å². The lowest BCUT2D eigenvalue weighted by Gasteiger charge is -2.35. The third kappa shape index (κ3) is 4.63. The molecule has 0 amide bonds. The standard InChI is InChI=1S/C11H26NO/c1-5-10-13-11-9-12(6-2,7-3)8-4/h5-11H2,1-4H3/q+1. The predicted octanol–water partition coefficient (Wildman–Crippen LogP) is 2.29. The lowest BCUT2D eigenvalue weighted by atomic mass is 10.3. The molecule has 0 atom stereocenters. The maximum Gasteiger partial charge on any atom is 0.102 e. The first kappa shape index (κ1) is 12.9. The van der Waals surface area contributed by atoms with Crippen LogP contribution in [-0.2, 0) is 4.74 Å². The van der Waals surface area contributed by atoms with Gasteiger partial charge in [0.1, 0.15) is 6.54 Å². The van der Waals surface area contributed by atoms with E-state index in [2.05, 4.69) is 27.7 Å². The van der Waals surface area contributed by atoms with Crippen molar-refractivity contribution in [3.8, 4) is 0 Å². The second kappa shape index (κ2) is 7.34. The van der Waals surface area contributed by atoms with Gasteiger partial charge in [0.05, 0.1) is 26.2 Å². The van der Waals surface area contributed by atoms with Crippen molar-refractivity contribution in [1.29, 1.82) is 0 Å². The van der Waals surface area contributed by atoms with Crippen LogP contribution in [0.5, 0.6) is 0 Å². The molecule has 0 heterocycles. The summed E-state index contributed by atoms with van der Waals surface area (Å²) in [5, 5.41) is 0. The van der Waals surface area contributed by atoms with Gasteiger partial charge < -0.3 is 9.22 Å². The summed E-state index contributed by atoms with van der Waals surface area (Å²) >= 11 is 0. The lowest BCUT2D eigenvalue weighted by molar-refractivity contribution is -0.923. The SMILES string of the molecule is CCCOCC[N+](CC)(CC)CC. The van der Waals surface area contributed by atoms with Gasteiger partial charge in [0, 0.05) is 6.61 Å². The van der Waals surface area contributed by atoms with E-state index < -0.39 is 0 Å². The summed E-state index contributed by atoms with van der Waals surface area (Å²) in [5.74, 6) is 0. The molecular formula is C11H26NO+. The second-order valence-electron chi connectivity index (χ2n) is 3.63. The van der Waals surface area contributed by atoms with Crippen LogP contribution in [0.15, 0.2) is 0 Å². The number of rotatable bonds is 8. The number of nitrogens with zero attached hydrogens (tertiary/aromatic N) is 1. The van der Waals surface area contributed by atoms with Crippen LogP contribution in [0.3, 0.4) is 0 Å². The Hall–Kier alpha value is -0.0800. The molecule has 0 unspecified atom stereocenters. The Morgan fingerprint density at radius 1 is 0.846 bits per heavy atom. The Labute approximate surface area is 83.5 Å². The van der Waals surface area contributed by atoms with Crippen LogP contribution in [0.2, 0.25) is 0 Å². The average molecular weight is 188 g/mol. The quantitative estimate of drug-likeness (QED) is 0.419. The van der Waals surface area contributed by atoms with E-state index in [0.717, 1.165) is 19.6 Å². The van der Waals surface area contributed by atoms with Gasteiger partial charge in [-0.05, 0) is 27.2 Å². The molecule has 0 aromatic rings. The minimum absolute atomic E-state index is 0.914. The molecule has 0 spiro atoms. The van der Waals surface area contributed by atoms with Gasteiger partial charge in [-0.2, -0.15) is 0 Å². The molecule has 2 nitrogen and oxygen atoms in total. The molecule has 2 heteroatoms. The van der Waals surface area contributed by atoms with Crippen LogP contribution in [0, 0.1) is 0 Å². The largest absolute Gasteiger partial charge is 0.376 e. The number of likely N-dealkylation sites (N-methyl/N-ethyl adjacent to an activating group) is 1. The van der Waals surface area contributed by atoms with Crippen molar-refractivity contribution < 1.29 is 9.22 Å². The lowest BCUT2D eigenvalue weighted by Crippen LogP contribution is -2.49. The van der Waals surface area contributed by atoms with Crippen LogP contribution in [0.25, 0.3) is 0 Å². The van der Waals surface area contributed by atoms with Crippen LogP contribution in [-0.4, -0.2) is 43.9 Å². The summed E-state index contributed by atoms with van der Waals surface area (Å²) in [4.78, 5) is 0. The van der Waals surface area contributed by atoms with Crippen LogP contribution >= 0.6 is 0 Å². The molecule has 0 aliphatic carbocycles. The second-order valence-corrected chi connectivity index (χ2v) is 3.63. The summed E-state index contributed by atoms with van der Waals surface area (Å²) in [6, 6.07) is 0. The molecule has 0 bridgehead atoms. The van der Waals surface area contributed by atoms with Crippen molar-refractivity contribution in [2.45, 2.75) is 34.1 Å². The van der Waals surface area contributed by atoms with Gasteiger partial charge in [-0.25, -0.2) is 0 Å². The van der Waals surface area contributed by atoms with Gasteiger partial charge in [0.2, 0.25) is 0 Å². The Kier molecular flexibility index (Phi) is 7.29. The van der Waals surface area contributed by atoms with Gasteiger partial charge in [-0.15, -0.1) is 0 Å². The molecule has 0 saturated carbocycles. The number of hydrogen-bond acceptors (Lipinski definition) is 1. The van der Waals surface area contributed by atoms with Crippen molar-refractivity contribution in [2.75, 3.05) is 39.4 Å². The Morgan fingerprint density at radius 3 is 1.77 bits per heavy atom.